The van der Waals surface area contributed by atoms with Crippen LogP contribution in [0.1, 0.15) is 309 Å². The first-order valence-corrected chi connectivity index (χ1v) is 29.3. The number of allylic oxidation sites excluding steroid dienone is 5. The Balaban J connectivity index is 3.46. The third kappa shape index (κ3) is 51.5. The summed E-state index contributed by atoms with van der Waals surface area (Å²) in [6.45, 7) is 4.88. The second-order valence-electron chi connectivity index (χ2n) is 20.0. The van der Waals surface area contributed by atoms with E-state index >= 15 is 0 Å². The van der Waals surface area contributed by atoms with E-state index in [1.807, 2.05) is 6.08 Å². The molecule has 0 aromatic rings. The van der Waals surface area contributed by atoms with Gasteiger partial charge in [0.1, 0.15) is 0 Å². The third-order valence-electron chi connectivity index (χ3n) is 13.4. The van der Waals surface area contributed by atoms with Crippen molar-refractivity contribution in [3.8, 4) is 0 Å². The molecule has 388 valence electrons. The van der Waals surface area contributed by atoms with Crippen LogP contribution in [0.2, 0.25) is 0 Å². The highest BCUT2D eigenvalue weighted by molar-refractivity contribution is 5.76. The average molecular weight is 929 g/mol. The Kier molecular flexibility index (Phi) is 54.1. The monoisotopic (exact) mass is 928 g/mol. The van der Waals surface area contributed by atoms with Crippen LogP contribution in [0, 0.1) is 0 Å². The Morgan fingerprint density at radius 2 is 0.758 bits per heavy atom. The van der Waals surface area contributed by atoms with E-state index in [2.05, 4.69) is 43.5 Å². The third-order valence-corrected chi connectivity index (χ3v) is 13.4. The van der Waals surface area contributed by atoms with Crippen molar-refractivity contribution in [2.45, 2.75) is 321 Å². The molecule has 0 fully saturated rings. The lowest BCUT2D eigenvalue weighted by Crippen LogP contribution is -2.45. The minimum absolute atomic E-state index is 0.00778. The highest BCUT2D eigenvalue weighted by Gasteiger charge is 2.18. The number of carbonyl (C=O) groups excluding carboxylic acids is 2. The number of rotatable bonds is 54. The molecular weight excluding hydrogens is 815 g/mol. The lowest BCUT2D eigenvalue weighted by molar-refractivity contribution is -0.143. The molecular formula is C60H113NO5. The van der Waals surface area contributed by atoms with Gasteiger partial charge in [-0.2, -0.15) is 0 Å². The summed E-state index contributed by atoms with van der Waals surface area (Å²) in [4.78, 5) is 24.5. The maximum atomic E-state index is 12.5. The van der Waals surface area contributed by atoms with Gasteiger partial charge in [0.05, 0.1) is 25.4 Å². The summed E-state index contributed by atoms with van der Waals surface area (Å²) >= 11 is 0. The number of aliphatic hydroxyl groups excluding tert-OH is 2. The standard InChI is InChI=1S/C60H113NO5/c1-3-5-7-9-11-13-15-17-19-21-22-26-30-34-38-42-46-50-54-60(65)66-55-51-47-43-39-35-31-27-23-25-29-33-37-41-45-49-53-59(64)61-57(56-62)58(63)52-48-44-40-36-32-28-24-20-18-16-14-12-10-8-6-4-2/h13,15,19,21,48,52,57-58,62-63H,3-12,14,16-18,20,22-47,49-51,53-56H2,1-2H3,(H,61,64)/b15-13-,21-19-,52-48+. The maximum Gasteiger partial charge on any atom is 0.305 e. The Morgan fingerprint density at radius 3 is 1.17 bits per heavy atom. The molecule has 66 heavy (non-hydrogen) atoms. The summed E-state index contributed by atoms with van der Waals surface area (Å²) < 4.78 is 5.48. The molecule has 0 aliphatic heterocycles. The number of carbonyl (C=O) groups is 2. The topological polar surface area (TPSA) is 95.9 Å². The molecule has 0 saturated heterocycles. The average Bonchev–Trinajstić information content (AvgIpc) is 3.32. The van der Waals surface area contributed by atoms with E-state index in [0.29, 0.717) is 19.4 Å². The zero-order chi connectivity index (χ0) is 47.9. The van der Waals surface area contributed by atoms with Crippen molar-refractivity contribution in [2.75, 3.05) is 13.2 Å². The highest BCUT2D eigenvalue weighted by Crippen LogP contribution is 2.17. The van der Waals surface area contributed by atoms with E-state index in [0.717, 1.165) is 64.2 Å². The van der Waals surface area contributed by atoms with Crippen LogP contribution < -0.4 is 5.32 Å². The Labute approximate surface area is 411 Å². The van der Waals surface area contributed by atoms with Crippen LogP contribution in [0.15, 0.2) is 36.5 Å². The van der Waals surface area contributed by atoms with Crippen LogP contribution in [-0.2, 0) is 14.3 Å². The van der Waals surface area contributed by atoms with Gasteiger partial charge in [0.25, 0.3) is 0 Å². The van der Waals surface area contributed by atoms with Gasteiger partial charge in [-0.3, -0.25) is 9.59 Å². The lowest BCUT2D eigenvalue weighted by Gasteiger charge is -2.20. The quantitative estimate of drug-likeness (QED) is 0.0321. The van der Waals surface area contributed by atoms with E-state index in [1.54, 1.807) is 6.08 Å². The van der Waals surface area contributed by atoms with Gasteiger partial charge in [0.2, 0.25) is 5.91 Å². The summed E-state index contributed by atoms with van der Waals surface area (Å²) in [6.07, 6.45) is 68.7. The normalized spacial score (nSPS) is 12.8. The molecule has 6 heteroatoms. The van der Waals surface area contributed by atoms with E-state index in [1.165, 1.54) is 218 Å². The van der Waals surface area contributed by atoms with Crippen LogP contribution in [0.4, 0.5) is 0 Å². The zero-order valence-electron chi connectivity index (χ0n) is 44.2. The van der Waals surface area contributed by atoms with Crippen molar-refractivity contribution in [1.82, 2.24) is 5.32 Å². The van der Waals surface area contributed by atoms with Crippen LogP contribution >= 0.6 is 0 Å². The molecule has 0 aliphatic rings. The molecule has 2 unspecified atom stereocenters. The van der Waals surface area contributed by atoms with Crippen molar-refractivity contribution in [2.24, 2.45) is 0 Å². The molecule has 0 rings (SSSR count). The minimum Gasteiger partial charge on any atom is -0.466 e. The van der Waals surface area contributed by atoms with Crippen molar-refractivity contribution in [3.05, 3.63) is 36.5 Å². The number of hydrogen-bond donors (Lipinski definition) is 3. The molecule has 0 bridgehead atoms. The van der Waals surface area contributed by atoms with Gasteiger partial charge < -0.3 is 20.3 Å². The molecule has 1 amide bonds. The molecule has 0 aromatic heterocycles. The predicted octanol–water partition coefficient (Wildman–Crippen LogP) is 18.0. The van der Waals surface area contributed by atoms with Crippen LogP contribution in [0.5, 0.6) is 0 Å². The molecule has 0 heterocycles. The lowest BCUT2D eigenvalue weighted by atomic mass is 10.0. The van der Waals surface area contributed by atoms with Gasteiger partial charge in [0.15, 0.2) is 0 Å². The van der Waals surface area contributed by atoms with Gasteiger partial charge in [-0.1, -0.05) is 269 Å². The molecule has 2 atom stereocenters. The molecule has 0 radical (unpaired) electrons. The number of ether oxygens (including phenoxy) is 1. The van der Waals surface area contributed by atoms with Gasteiger partial charge in [-0.25, -0.2) is 0 Å². The second-order valence-corrected chi connectivity index (χ2v) is 20.0. The fraction of sp³-hybridized carbons (Fsp3) is 0.867. The molecule has 0 aliphatic carbocycles. The van der Waals surface area contributed by atoms with Gasteiger partial charge in [0, 0.05) is 12.8 Å². The molecule has 3 N–H and O–H groups in total. The summed E-state index contributed by atoms with van der Waals surface area (Å²) in [5, 5.41) is 23.1. The fourth-order valence-electron chi connectivity index (χ4n) is 8.90. The van der Waals surface area contributed by atoms with Crippen molar-refractivity contribution >= 4 is 11.9 Å². The Bertz CT molecular complexity index is 1070. The Morgan fingerprint density at radius 1 is 0.424 bits per heavy atom. The Hall–Kier alpha value is -1.92. The van der Waals surface area contributed by atoms with E-state index in [9.17, 15) is 19.8 Å². The molecule has 0 aromatic carbocycles. The highest BCUT2D eigenvalue weighted by atomic mass is 16.5. The van der Waals surface area contributed by atoms with Crippen LogP contribution in [0.3, 0.4) is 0 Å². The van der Waals surface area contributed by atoms with Crippen molar-refractivity contribution in [1.29, 1.82) is 0 Å². The number of hydrogen-bond acceptors (Lipinski definition) is 5. The maximum absolute atomic E-state index is 12.5. The summed E-state index contributed by atoms with van der Waals surface area (Å²) in [5.74, 6) is -0.0836. The zero-order valence-corrected chi connectivity index (χ0v) is 44.2. The number of amides is 1. The van der Waals surface area contributed by atoms with Crippen LogP contribution in [0.25, 0.3) is 0 Å². The van der Waals surface area contributed by atoms with E-state index in [4.69, 9.17) is 4.74 Å². The van der Waals surface area contributed by atoms with E-state index in [-0.39, 0.29) is 18.5 Å². The summed E-state index contributed by atoms with van der Waals surface area (Å²) in [6, 6.07) is -0.635. The second kappa shape index (κ2) is 55.7. The summed E-state index contributed by atoms with van der Waals surface area (Å²) in [7, 11) is 0. The van der Waals surface area contributed by atoms with Gasteiger partial charge >= 0.3 is 5.97 Å². The first-order valence-electron chi connectivity index (χ1n) is 29.3. The first-order chi connectivity index (χ1) is 32.5. The SMILES string of the molecule is CCCCCC/C=C\C/C=C\CCCCCCCCCC(=O)OCCCCCCCCCCCCCCCCCC(=O)NC(CO)C(O)/C=C/CCCCCCCCCCCCCCCC. The molecule has 0 spiro atoms. The molecule has 0 saturated carbocycles. The minimum atomic E-state index is -0.851. The van der Waals surface area contributed by atoms with Crippen LogP contribution in [-0.4, -0.2) is 47.4 Å². The van der Waals surface area contributed by atoms with Gasteiger partial charge in [-0.15, -0.1) is 0 Å². The largest absolute Gasteiger partial charge is 0.466 e. The number of aliphatic hydroxyl groups is 2. The smallest absolute Gasteiger partial charge is 0.305 e. The van der Waals surface area contributed by atoms with Crippen molar-refractivity contribution in [3.63, 3.8) is 0 Å². The summed E-state index contributed by atoms with van der Waals surface area (Å²) in [5.41, 5.74) is 0. The fourth-order valence-corrected chi connectivity index (χ4v) is 8.90. The predicted molar refractivity (Wildman–Crippen MR) is 287 cm³/mol. The van der Waals surface area contributed by atoms with Crippen molar-refractivity contribution < 1.29 is 24.5 Å². The number of esters is 1. The van der Waals surface area contributed by atoms with E-state index < -0.39 is 12.1 Å². The molecule has 6 nitrogen and oxygen atoms in total. The van der Waals surface area contributed by atoms with Gasteiger partial charge in [-0.05, 0) is 64.2 Å². The number of nitrogens with one attached hydrogen (secondary N) is 1. The number of unbranched alkanes of at least 4 members (excludes halogenated alkanes) is 39. The first kappa shape index (κ1) is 64.1.